The zero-order chi connectivity index (χ0) is 15.8. The van der Waals surface area contributed by atoms with Crippen molar-refractivity contribution in [2.75, 3.05) is 0 Å². The third kappa shape index (κ3) is 3.19. The number of carbonyl (C=O) groups excluding carboxylic acids is 1. The minimum atomic E-state index is -2.69. The fourth-order valence-corrected chi connectivity index (χ4v) is 3.93. The van der Waals surface area contributed by atoms with Crippen LogP contribution in [0.25, 0.3) is 0 Å². The van der Waals surface area contributed by atoms with Crippen LogP contribution in [-0.4, -0.2) is 11.8 Å². The number of amides is 1. The summed E-state index contributed by atoms with van der Waals surface area (Å²) in [6, 6.07) is 7.90. The maximum atomic E-state index is 13.5. The number of nitrogens with one attached hydrogen (secondary N) is 1. The van der Waals surface area contributed by atoms with Gasteiger partial charge in [0.05, 0.1) is 5.54 Å². The van der Waals surface area contributed by atoms with Gasteiger partial charge in [-0.3, -0.25) is 4.79 Å². The summed E-state index contributed by atoms with van der Waals surface area (Å²) in [7, 11) is 0. The largest absolute Gasteiger partial charge is 0.346 e. The maximum Gasteiger partial charge on any atom is 0.248 e. The SMILES string of the molecule is O=C(NC1(c2cccc(Br)c2)CCC1)[C@H]1CCCC(F)(F)C1. The Balaban J connectivity index is 1.74. The molecule has 2 saturated carbocycles. The minimum absolute atomic E-state index is 0.0897. The van der Waals surface area contributed by atoms with E-state index in [4.69, 9.17) is 0 Å². The van der Waals surface area contributed by atoms with Gasteiger partial charge in [-0.1, -0.05) is 28.1 Å². The van der Waals surface area contributed by atoms with E-state index in [2.05, 4.69) is 21.2 Å². The van der Waals surface area contributed by atoms with Crippen molar-refractivity contribution in [1.29, 1.82) is 0 Å². The molecule has 0 unspecified atom stereocenters. The number of hydrogen-bond donors (Lipinski definition) is 1. The van der Waals surface area contributed by atoms with Gasteiger partial charge in [0.15, 0.2) is 0 Å². The Bertz CT molecular complexity index is 572. The van der Waals surface area contributed by atoms with Crippen molar-refractivity contribution in [2.24, 2.45) is 5.92 Å². The molecule has 0 saturated heterocycles. The van der Waals surface area contributed by atoms with Crippen LogP contribution in [0, 0.1) is 5.92 Å². The summed E-state index contributed by atoms with van der Waals surface area (Å²) >= 11 is 3.45. The molecular formula is C17H20BrF2NO. The van der Waals surface area contributed by atoms with Crippen molar-refractivity contribution in [3.05, 3.63) is 34.3 Å². The van der Waals surface area contributed by atoms with Gasteiger partial charge < -0.3 is 5.32 Å². The lowest BCUT2D eigenvalue weighted by Gasteiger charge is -2.44. The molecule has 0 aromatic heterocycles. The molecule has 2 fully saturated rings. The van der Waals surface area contributed by atoms with E-state index >= 15 is 0 Å². The van der Waals surface area contributed by atoms with Crippen LogP contribution in [0.4, 0.5) is 8.78 Å². The topological polar surface area (TPSA) is 29.1 Å². The number of carbonyl (C=O) groups is 1. The summed E-state index contributed by atoms with van der Waals surface area (Å²) in [5.41, 5.74) is 0.692. The first kappa shape index (κ1) is 15.9. The van der Waals surface area contributed by atoms with E-state index in [1.807, 2.05) is 24.3 Å². The standard InChI is InChI=1S/C17H20BrF2NO/c18-14-6-1-5-13(10-14)16(7-3-8-16)21-15(22)12-4-2-9-17(19,20)11-12/h1,5-6,10,12H,2-4,7-9,11H2,(H,21,22)/t12-/m0/s1. The van der Waals surface area contributed by atoms with Gasteiger partial charge in [-0.25, -0.2) is 8.78 Å². The number of rotatable bonds is 3. The molecule has 2 aliphatic rings. The first-order chi connectivity index (χ1) is 10.4. The lowest BCUT2D eigenvalue weighted by atomic mass is 9.71. The highest BCUT2D eigenvalue weighted by atomic mass is 79.9. The molecule has 1 aromatic carbocycles. The fourth-order valence-electron chi connectivity index (χ4n) is 3.54. The maximum absolute atomic E-state index is 13.5. The van der Waals surface area contributed by atoms with E-state index in [0.29, 0.717) is 12.8 Å². The molecule has 22 heavy (non-hydrogen) atoms. The zero-order valence-corrected chi connectivity index (χ0v) is 14.0. The van der Waals surface area contributed by atoms with Gasteiger partial charge in [0.2, 0.25) is 11.8 Å². The minimum Gasteiger partial charge on any atom is -0.346 e. The number of halogens is 3. The van der Waals surface area contributed by atoms with Crippen molar-refractivity contribution in [2.45, 2.75) is 56.4 Å². The summed E-state index contributed by atoms with van der Waals surface area (Å²) < 4.78 is 28.0. The first-order valence-electron chi connectivity index (χ1n) is 7.86. The van der Waals surface area contributed by atoms with Crippen molar-refractivity contribution in [3.63, 3.8) is 0 Å². The Hall–Kier alpha value is -0.970. The average Bonchev–Trinajstić information content (AvgIpc) is 2.41. The molecule has 1 aromatic rings. The molecular weight excluding hydrogens is 352 g/mol. The second-order valence-electron chi connectivity index (χ2n) is 6.58. The lowest BCUT2D eigenvalue weighted by molar-refractivity contribution is -0.135. The van der Waals surface area contributed by atoms with Crippen LogP contribution in [0.15, 0.2) is 28.7 Å². The number of benzene rings is 1. The quantitative estimate of drug-likeness (QED) is 0.814. The Kier molecular flexibility index (Phi) is 4.27. The van der Waals surface area contributed by atoms with Crippen LogP contribution < -0.4 is 5.32 Å². The van der Waals surface area contributed by atoms with E-state index in [1.165, 1.54) is 0 Å². The molecule has 0 spiro atoms. The third-order valence-electron chi connectivity index (χ3n) is 4.96. The zero-order valence-electron chi connectivity index (χ0n) is 12.4. The van der Waals surface area contributed by atoms with E-state index in [-0.39, 0.29) is 24.3 Å². The predicted octanol–water partition coefficient (Wildman–Crippen LogP) is 4.77. The van der Waals surface area contributed by atoms with Crippen molar-refractivity contribution >= 4 is 21.8 Å². The summed E-state index contributed by atoms with van der Waals surface area (Å²) in [6.45, 7) is 0. The Morgan fingerprint density at radius 3 is 2.59 bits per heavy atom. The van der Waals surface area contributed by atoms with Gasteiger partial charge in [0.1, 0.15) is 0 Å². The van der Waals surface area contributed by atoms with Crippen LogP contribution >= 0.6 is 15.9 Å². The van der Waals surface area contributed by atoms with Gasteiger partial charge in [0.25, 0.3) is 0 Å². The molecule has 3 rings (SSSR count). The Labute approximate surface area is 137 Å². The molecule has 2 aliphatic carbocycles. The molecule has 0 bridgehead atoms. The normalized spacial score (nSPS) is 26.0. The molecule has 2 nitrogen and oxygen atoms in total. The lowest BCUT2D eigenvalue weighted by Crippen LogP contribution is -2.53. The molecule has 0 radical (unpaired) electrons. The van der Waals surface area contributed by atoms with Crippen LogP contribution in [-0.2, 0) is 10.3 Å². The highest BCUT2D eigenvalue weighted by molar-refractivity contribution is 9.10. The highest BCUT2D eigenvalue weighted by Crippen LogP contribution is 2.43. The summed E-state index contributed by atoms with van der Waals surface area (Å²) in [5, 5.41) is 3.09. The van der Waals surface area contributed by atoms with Gasteiger partial charge in [-0.15, -0.1) is 0 Å². The number of alkyl halides is 2. The Morgan fingerprint density at radius 2 is 2.00 bits per heavy atom. The summed E-state index contributed by atoms with van der Waals surface area (Å²) in [5.74, 6) is -3.46. The summed E-state index contributed by atoms with van der Waals surface area (Å²) in [4.78, 5) is 12.5. The van der Waals surface area contributed by atoms with E-state index in [9.17, 15) is 13.6 Å². The summed E-state index contributed by atoms with van der Waals surface area (Å²) in [6.07, 6.45) is 3.39. The average molecular weight is 372 g/mol. The smallest absolute Gasteiger partial charge is 0.248 e. The molecule has 0 heterocycles. The van der Waals surface area contributed by atoms with Crippen molar-refractivity contribution in [1.82, 2.24) is 5.32 Å². The van der Waals surface area contributed by atoms with E-state index in [0.717, 1.165) is 29.3 Å². The molecule has 1 amide bonds. The molecule has 1 N–H and O–H groups in total. The van der Waals surface area contributed by atoms with Crippen molar-refractivity contribution < 1.29 is 13.6 Å². The van der Waals surface area contributed by atoms with Crippen molar-refractivity contribution in [3.8, 4) is 0 Å². The number of hydrogen-bond acceptors (Lipinski definition) is 1. The van der Waals surface area contributed by atoms with Crippen LogP contribution in [0.2, 0.25) is 0 Å². The first-order valence-corrected chi connectivity index (χ1v) is 8.65. The second-order valence-corrected chi connectivity index (χ2v) is 7.50. The molecule has 5 heteroatoms. The highest BCUT2D eigenvalue weighted by Gasteiger charge is 2.44. The van der Waals surface area contributed by atoms with Gasteiger partial charge in [-0.2, -0.15) is 0 Å². The third-order valence-corrected chi connectivity index (χ3v) is 5.45. The second kappa shape index (κ2) is 5.91. The van der Waals surface area contributed by atoms with Crippen LogP contribution in [0.1, 0.15) is 50.5 Å². The van der Waals surface area contributed by atoms with Gasteiger partial charge in [0, 0.05) is 23.2 Å². The monoisotopic (exact) mass is 371 g/mol. The fraction of sp³-hybridized carbons (Fsp3) is 0.588. The van der Waals surface area contributed by atoms with Gasteiger partial charge in [-0.05, 0) is 49.8 Å². The predicted molar refractivity (Wildman–Crippen MR) is 84.7 cm³/mol. The molecule has 1 atom stereocenters. The van der Waals surface area contributed by atoms with Crippen LogP contribution in [0.3, 0.4) is 0 Å². The van der Waals surface area contributed by atoms with Gasteiger partial charge >= 0.3 is 0 Å². The molecule has 120 valence electrons. The Morgan fingerprint density at radius 1 is 1.23 bits per heavy atom. The van der Waals surface area contributed by atoms with E-state index < -0.39 is 11.8 Å². The van der Waals surface area contributed by atoms with E-state index in [1.54, 1.807) is 0 Å². The molecule has 0 aliphatic heterocycles. The van der Waals surface area contributed by atoms with Crippen LogP contribution in [0.5, 0.6) is 0 Å².